The minimum atomic E-state index is -4.77. The van der Waals surface area contributed by atoms with Gasteiger partial charge in [-0.05, 0) is 6.92 Å². The van der Waals surface area contributed by atoms with E-state index in [1.165, 1.54) is 13.8 Å². The molecule has 2 aliphatic heterocycles. The lowest BCUT2D eigenvalue weighted by atomic mass is 9.90. The van der Waals surface area contributed by atoms with Gasteiger partial charge in [0.05, 0.1) is 24.9 Å². The zero-order valence-corrected chi connectivity index (χ0v) is 15.4. The van der Waals surface area contributed by atoms with E-state index in [9.17, 15) is 28.8 Å². The molecule has 5 N–H and O–H groups in total. The number of ether oxygens (including phenoxy) is 3. The summed E-state index contributed by atoms with van der Waals surface area (Å²) in [5.41, 5.74) is 0. The summed E-state index contributed by atoms with van der Waals surface area (Å²) in [6.45, 7) is 3.89. The summed E-state index contributed by atoms with van der Waals surface area (Å²) in [6, 6.07) is 0. The third kappa shape index (κ3) is 4.90. The first-order valence-electron chi connectivity index (χ1n) is 8.23. The second-order valence-corrected chi connectivity index (χ2v) is 7.87. The monoisotopic (exact) mass is 402 g/mol. The molecule has 0 aliphatic carbocycles. The van der Waals surface area contributed by atoms with E-state index in [1.54, 1.807) is 6.92 Å². The summed E-state index contributed by atoms with van der Waals surface area (Å²) in [5, 5.41) is 40.2. The molecule has 11 nitrogen and oxygen atoms in total. The van der Waals surface area contributed by atoms with E-state index in [1.807, 2.05) is 0 Å². The van der Waals surface area contributed by atoms with Crippen LogP contribution in [0.4, 0.5) is 0 Å². The van der Waals surface area contributed by atoms with Gasteiger partial charge in [-0.15, -0.1) is 0 Å². The van der Waals surface area contributed by atoms with Crippen molar-refractivity contribution in [3.05, 3.63) is 0 Å². The lowest BCUT2D eigenvalue weighted by Crippen LogP contribution is -2.60. The van der Waals surface area contributed by atoms with Gasteiger partial charge in [-0.25, -0.2) is 4.18 Å². The molecular formula is C14H26O11S. The summed E-state index contributed by atoms with van der Waals surface area (Å²) < 4.78 is 51.1. The molecule has 0 aromatic carbocycles. The van der Waals surface area contributed by atoms with E-state index in [4.69, 9.17) is 18.8 Å². The highest BCUT2D eigenvalue weighted by molar-refractivity contribution is 7.80. The lowest BCUT2D eigenvalue weighted by Gasteiger charge is -2.46. The van der Waals surface area contributed by atoms with Gasteiger partial charge in [0.1, 0.15) is 18.3 Å². The second-order valence-electron chi connectivity index (χ2n) is 6.78. The highest BCUT2D eigenvalue weighted by Gasteiger charge is 2.48. The molecule has 0 radical (unpaired) electrons. The van der Waals surface area contributed by atoms with Gasteiger partial charge in [-0.1, -0.05) is 13.8 Å². The molecule has 2 aliphatic rings. The Balaban J connectivity index is 2.15. The summed E-state index contributed by atoms with van der Waals surface area (Å²) >= 11 is 0. The molecule has 0 amide bonds. The molecule has 0 aromatic rings. The second kappa shape index (κ2) is 8.31. The van der Waals surface area contributed by atoms with Crippen molar-refractivity contribution in [3.63, 3.8) is 0 Å². The molecule has 154 valence electrons. The standard InChI is InChI=1S/C14H26O11S/c1-5-10(16)12(8(24-13(5)18)4-22-26(19,20)21)25-14-6(2)9(15)11(17)7(3)23-14/h5-18H,4H2,1-3H3,(H,19,20,21)/t5?,6?,7?,8?,9-,10+,11-,12+,13+,14-/m0/s1. The number of aliphatic hydroxyl groups is 4. The van der Waals surface area contributed by atoms with Crippen LogP contribution < -0.4 is 0 Å². The molecule has 4 unspecified atom stereocenters. The molecule has 0 aromatic heterocycles. The van der Waals surface area contributed by atoms with Crippen molar-refractivity contribution >= 4 is 10.4 Å². The number of hydrogen-bond donors (Lipinski definition) is 5. The van der Waals surface area contributed by atoms with Crippen molar-refractivity contribution in [1.29, 1.82) is 0 Å². The van der Waals surface area contributed by atoms with Crippen molar-refractivity contribution < 1.29 is 51.8 Å². The first-order chi connectivity index (χ1) is 11.9. The van der Waals surface area contributed by atoms with E-state index < -0.39 is 78.0 Å². The highest BCUT2D eigenvalue weighted by Crippen LogP contribution is 2.33. The van der Waals surface area contributed by atoms with E-state index in [0.29, 0.717) is 0 Å². The van der Waals surface area contributed by atoms with Gasteiger partial charge < -0.3 is 34.6 Å². The Hall–Kier alpha value is -0.410. The predicted molar refractivity (Wildman–Crippen MR) is 83.9 cm³/mol. The molecule has 2 rings (SSSR count). The Bertz CT molecular complexity index is 569. The predicted octanol–water partition coefficient (Wildman–Crippen LogP) is -1.99. The van der Waals surface area contributed by atoms with Gasteiger partial charge in [0.2, 0.25) is 0 Å². The maximum Gasteiger partial charge on any atom is 0.397 e. The largest absolute Gasteiger partial charge is 0.397 e. The molecule has 0 bridgehead atoms. The maximum atomic E-state index is 10.8. The van der Waals surface area contributed by atoms with Crippen LogP contribution >= 0.6 is 0 Å². The molecular weight excluding hydrogens is 376 g/mol. The van der Waals surface area contributed by atoms with Crippen LogP contribution in [0.1, 0.15) is 20.8 Å². The molecule has 12 heteroatoms. The zero-order valence-electron chi connectivity index (χ0n) is 14.6. The van der Waals surface area contributed by atoms with Crippen LogP contribution in [-0.4, -0.2) is 89.2 Å². The highest BCUT2D eigenvalue weighted by atomic mass is 32.3. The van der Waals surface area contributed by atoms with E-state index >= 15 is 0 Å². The minimum absolute atomic E-state index is 0.668. The number of hydrogen-bond acceptors (Lipinski definition) is 10. The maximum absolute atomic E-state index is 10.8. The average Bonchev–Trinajstić information content (AvgIpc) is 2.55. The van der Waals surface area contributed by atoms with Gasteiger partial charge in [-0.2, -0.15) is 8.42 Å². The third-order valence-electron chi connectivity index (χ3n) is 4.83. The Morgan fingerprint density at radius 3 is 2.12 bits per heavy atom. The van der Waals surface area contributed by atoms with Crippen molar-refractivity contribution in [2.24, 2.45) is 11.8 Å². The van der Waals surface area contributed by atoms with Crippen LogP contribution in [0.25, 0.3) is 0 Å². The van der Waals surface area contributed by atoms with Gasteiger partial charge in [0, 0.05) is 11.8 Å². The van der Waals surface area contributed by atoms with Crippen molar-refractivity contribution in [2.75, 3.05) is 6.61 Å². The Morgan fingerprint density at radius 2 is 1.54 bits per heavy atom. The minimum Gasteiger partial charge on any atom is -0.390 e. The fraction of sp³-hybridized carbons (Fsp3) is 1.00. The van der Waals surface area contributed by atoms with Gasteiger partial charge in [0.15, 0.2) is 12.6 Å². The van der Waals surface area contributed by atoms with Crippen molar-refractivity contribution in [2.45, 2.75) is 70.0 Å². The van der Waals surface area contributed by atoms with Crippen molar-refractivity contribution in [3.8, 4) is 0 Å². The van der Waals surface area contributed by atoms with Crippen LogP contribution in [-0.2, 0) is 28.8 Å². The number of aliphatic hydroxyl groups excluding tert-OH is 4. The third-order valence-corrected chi connectivity index (χ3v) is 5.26. The van der Waals surface area contributed by atoms with Crippen LogP contribution in [0.2, 0.25) is 0 Å². The molecule has 2 heterocycles. The fourth-order valence-electron chi connectivity index (χ4n) is 3.00. The zero-order chi connectivity index (χ0) is 19.8. The van der Waals surface area contributed by atoms with E-state index in [0.717, 1.165) is 0 Å². The average molecular weight is 402 g/mol. The first-order valence-corrected chi connectivity index (χ1v) is 9.59. The summed E-state index contributed by atoms with van der Waals surface area (Å²) in [6.07, 6.45) is -9.14. The van der Waals surface area contributed by atoms with Crippen LogP contribution in [0, 0.1) is 11.8 Å². The normalized spacial score (nSPS) is 47.7. The van der Waals surface area contributed by atoms with Gasteiger partial charge >= 0.3 is 10.4 Å². The van der Waals surface area contributed by atoms with Gasteiger partial charge in [-0.3, -0.25) is 4.55 Å². The lowest BCUT2D eigenvalue weighted by molar-refractivity contribution is -0.336. The molecule has 2 saturated heterocycles. The quantitative estimate of drug-likeness (QED) is 0.322. The smallest absolute Gasteiger partial charge is 0.390 e. The summed E-state index contributed by atoms with van der Waals surface area (Å²) in [4.78, 5) is 0. The SMILES string of the molecule is CC1[C@H](O)OC(COS(=O)(=O)O)[C@@H](O[C@@H]2OC(C)[C@H](O)[C@@H](O)C2C)[C@@H]1O. The van der Waals surface area contributed by atoms with Gasteiger partial charge in [0.25, 0.3) is 0 Å². The molecule has 0 saturated carbocycles. The van der Waals surface area contributed by atoms with Crippen LogP contribution in [0.15, 0.2) is 0 Å². The summed E-state index contributed by atoms with van der Waals surface area (Å²) in [7, 11) is -4.77. The van der Waals surface area contributed by atoms with E-state index in [2.05, 4.69) is 4.18 Å². The van der Waals surface area contributed by atoms with E-state index in [-0.39, 0.29) is 0 Å². The first kappa shape index (κ1) is 21.9. The van der Waals surface area contributed by atoms with Crippen LogP contribution in [0.3, 0.4) is 0 Å². The Labute approximate surface area is 151 Å². The topological polar surface area (TPSA) is 172 Å². The summed E-state index contributed by atoms with van der Waals surface area (Å²) in [5.74, 6) is -1.44. The molecule has 0 spiro atoms. The number of rotatable bonds is 5. The van der Waals surface area contributed by atoms with Crippen LogP contribution in [0.5, 0.6) is 0 Å². The van der Waals surface area contributed by atoms with Crippen molar-refractivity contribution in [1.82, 2.24) is 0 Å². The molecule has 10 atom stereocenters. The Morgan fingerprint density at radius 1 is 0.923 bits per heavy atom. The molecule has 26 heavy (non-hydrogen) atoms. The molecule has 2 fully saturated rings. The Kier molecular flexibility index (Phi) is 6.99. The fourth-order valence-corrected chi connectivity index (χ4v) is 3.31.